The van der Waals surface area contributed by atoms with Gasteiger partial charge < -0.3 is 19.8 Å². The van der Waals surface area contributed by atoms with E-state index in [9.17, 15) is 14.4 Å². The van der Waals surface area contributed by atoms with Gasteiger partial charge in [0.05, 0.1) is 7.11 Å². The zero-order chi connectivity index (χ0) is 21.3. The standard InChI is InChI=1S/C21H20N4O5/c1-29-19(27)13-22-20(28)14-7-9-16(10-8-14)23-17(26)11-12-18-24-25-21(30-18)15-5-3-2-4-6-15/h2-10H,11-13H2,1H3,(H,22,28)(H,23,26). The van der Waals surface area contributed by atoms with Gasteiger partial charge in [-0.25, -0.2) is 0 Å². The molecule has 3 aromatic rings. The molecule has 0 aliphatic rings. The summed E-state index contributed by atoms with van der Waals surface area (Å²) in [6, 6.07) is 15.7. The molecule has 0 aliphatic heterocycles. The van der Waals surface area contributed by atoms with E-state index in [0.29, 0.717) is 29.5 Å². The lowest BCUT2D eigenvalue weighted by Crippen LogP contribution is -2.30. The van der Waals surface area contributed by atoms with Crippen molar-refractivity contribution < 1.29 is 23.5 Å². The molecule has 0 fully saturated rings. The van der Waals surface area contributed by atoms with Gasteiger partial charge in [-0.1, -0.05) is 18.2 Å². The number of aromatic nitrogens is 2. The van der Waals surface area contributed by atoms with Gasteiger partial charge in [-0.05, 0) is 36.4 Å². The second kappa shape index (κ2) is 9.97. The molecule has 2 aromatic carbocycles. The Hall–Kier alpha value is -4.01. The summed E-state index contributed by atoms with van der Waals surface area (Å²) in [6.45, 7) is -0.213. The summed E-state index contributed by atoms with van der Waals surface area (Å²) in [5, 5.41) is 13.1. The van der Waals surface area contributed by atoms with Crippen LogP contribution >= 0.6 is 0 Å². The minimum atomic E-state index is -0.538. The van der Waals surface area contributed by atoms with Gasteiger partial charge in [-0.15, -0.1) is 10.2 Å². The van der Waals surface area contributed by atoms with Crippen molar-refractivity contribution in [1.29, 1.82) is 0 Å². The van der Waals surface area contributed by atoms with E-state index >= 15 is 0 Å². The summed E-state index contributed by atoms with van der Waals surface area (Å²) >= 11 is 0. The van der Waals surface area contributed by atoms with Crippen LogP contribution in [0.25, 0.3) is 11.5 Å². The van der Waals surface area contributed by atoms with Crippen LogP contribution in [0.5, 0.6) is 0 Å². The number of carbonyl (C=O) groups excluding carboxylic acids is 3. The average molecular weight is 408 g/mol. The van der Waals surface area contributed by atoms with Crippen molar-refractivity contribution in [1.82, 2.24) is 15.5 Å². The molecule has 2 amide bonds. The van der Waals surface area contributed by atoms with Gasteiger partial charge in [0, 0.05) is 29.7 Å². The molecule has 0 spiro atoms. The highest BCUT2D eigenvalue weighted by Gasteiger charge is 2.11. The maximum Gasteiger partial charge on any atom is 0.325 e. The Balaban J connectivity index is 1.47. The van der Waals surface area contributed by atoms with Crippen molar-refractivity contribution in [2.75, 3.05) is 19.0 Å². The number of carbonyl (C=O) groups is 3. The fourth-order valence-electron chi connectivity index (χ4n) is 2.53. The molecule has 0 aliphatic carbocycles. The molecule has 9 heteroatoms. The molecule has 1 heterocycles. The minimum Gasteiger partial charge on any atom is -0.468 e. The van der Waals surface area contributed by atoms with Crippen molar-refractivity contribution in [3.8, 4) is 11.5 Å². The van der Waals surface area contributed by atoms with E-state index < -0.39 is 11.9 Å². The average Bonchev–Trinajstić information content (AvgIpc) is 3.26. The lowest BCUT2D eigenvalue weighted by molar-refractivity contribution is -0.139. The van der Waals surface area contributed by atoms with Gasteiger partial charge in [0.25, 0.3) is 5.91 Å². The third-order valence-electron chi connectivity index (χ3n) is 4.11. The zero-order valence-corrected chi connectivity index (χ0v) is 16.3. The number of amides is 2. The third-order valence-corrected chi connectivity index (χ3v) is 4.11. The molecule has 2 N–H and O–H groups in total. The normalized spacial score (nSPS) is 10.3. The van der Waals surface area contributed by atoms with Crippen LogP contribution in [0.1, 0.15) is 22.7 Å². The third kappa shape index (κ3) is 5.74. The van der Waals surface area contributed by atoms with Crippen LogP contribution in [0.15, 0.2) is 59.0 Å². The molecule has 1 aromatic heterocycles. The highest BCUT2D eigenvalue weighted by atomic mass is 16.5. The van der Waals surface area contributed by atoms with Gasteiger partial charge in [-0.2, -0.15) is 0 Å². The maximum absolute atomic E-state index is 12.2. The van der Waals surface area contributed by atoms with Crippen LogP contribution in [0.3, 0.4) is 0 Å². The van der Waals surface area contributed by atoms with E-state index in [0.717, 1.165) is 5.56 Å². The molecule has 0 atom stereocenters. The number of aryl methyl sites for hydroxylation is 1. The predicted molar refractivity (Wildman–Crippen MR) is 107 cm³/mol. The highest BCUT2D eigenvalue weighted by molar-refractivity contribution is 5.97. The Morgan fingerprint density at radius 3 is 2.43 bits per heavy atom. The topological polar surface area (TPSA) is 123 Å². The van der Waals surface area contributed by atoms with Crippen LogP contribution in [-0.2, 0) is 20.7 Å². The van der Waals surface area contributed by atoms with E-state index in [1.54, 1.807) is 24.3 Å². The van der Waals surface area contributed by atoms with E-state index in [1.165, 1.54) is 7.11 Å². The number of nitrogens with one attached hydrogen (secondary N) is 2. The number of anilines is 1. The quantitative estimate of drug-likeness (QED) is 0.548. The van der Waals surface area contributed by atoms with Crippen LogP contribution < -0.4 is 10.6 Å². The van der Waals surface area contributed by atoms with E-state index in [2.05, 4.69) is 25.6 Å². The summed E-state index contributed by atoms with van der Waals surface area (Å²) < 4.78 is 10.0. The molecule has 0 radical (unpaired) electrons. The Labute approximate surface area is 172 Å². The predicted octanol–water partition coefficient (Wildman–Crippen LogP) is 2.21. The number of hydrogen-bond donors (Lipinski definition) is 2. The van der Waals surface area contributed by atoms with Crippen molar-refractivity contribution in [3.63, 3.8) is 0 Å². The van der Waals surface area contributed by atoms with Gasteiger partial charge in [0.15, 0.2) is 0 Å². The molecule has 154 valence electrons. The molecule has 0 unspecified atom stereocenters. The van der Waals surface area contributed by atoms with Crippen LogP contribution in [0, 0.1) is 0 Å². The first kappa shape index (κ1) is 20.7. The minimum absolute atomic E-state index is 0.164. The first-order valence-corrected chi connectivity index (χ1v) is 9.18. The summed E-state index contributed by atoms with van der Waals surface area (Å²) in [4.78, 5) is 35.2. The molecule has 9 nitrogen and oxygen atoms in total. The molecule has 3 rings (SSSR count). The zero-order valence-electron chi connectivity index (χ0n) is 16.3. The Morgan fingerprint density at radius 2 is 1.73 bits per heavy atom. The van der Waals surface area contributed by atoms with Crippen molar-refractivity contribution >= 4 is 23.5 Å². The maximum atomic E-state index is 12.2. The summed E-state index contributed by atoms with van der Waals surface area (Å²) in [7, 11) is 1.24. The van der Waals surface area contributed by atoms with Gasteiger partial charge in [0.1, 0.15) is 6.54 Å². The molecular weight excluding hydrogens is 388 g/mol. The monoisotopic (exact) mass is 408 g/mol. The number of rotatable bonds is 8. The smallest absolute Gasteiger partial charge is 0.325 e. The molecular formula is C21H20N4O5. The van der Waals surface area contributed by atoms with Crippen molar-refractivity contribution in [2.45, 2.75) is 12.8 Å². The van der Waals surface area contributed by atoms with Crippen LogP contribution in [-0.4, -0.2) is 41.6 Å². The lowest BCUT2D eigenvalue weighted by atomic mass is 10.2. The molecule has 30 heavy (non-hydrogen) atoms. The number of hydrogen-bond acceptors (Lipinski definition) is 7. The second-order valence-corrected chi connectivity index (χ2v) is 6.25. The molecule has 0 bridgehead atoms. The second-order valence-electron chi connectivity index (χ2n) is 6.25. The van der Waals surface area contributed by atoms with E-state index in [1.807, 2.05) is 30.3 Å². The molecule has 0 saturated carbocycles. The van der Waals surface area contributed by atoms with E-state index in [4.69, 9.17) is 4.42 Å². The first-order chi connectivity index (χ1) is 14.5. The summed E-state index contributed by atoms with van der Waals surface area (Å²) in [5.74, 6) is -0.390. The SMILES string of the molecule is COC(=O)CNC(=O)c1ccc(NC(=O)CCc2nnc(-c3ccccc3)o2)cc1. The number of methoxy groups -OCH3 is 1. The number of esters is 1. The van der Waals surface area contributed by atoms with Crippen LogP contribution in [0.2, 0.25) is 0 Å². The fraction of sp³-hybridized carbons (Fsp3) is 0.190. The van der Waals surface area contributed by atoms with E-state index in [-0.39, 0.29) is 18.9 Å². The number of benzene rings is 2. The van der Waals surface area contributed by atoms with Crippen molar-refractivity contribution in [2.24, 2.45) is 0 Å². The number of ether oxygens (including phenoxy) is 1. The van der Waals surface area contributed by atoms with Gasteiger partial charge in [-0.3, -0.25) is 14.4 Å². The largest absolute Gasteiger partial charge is 0.468 e. The van der Waals surface area contributed by atoms with Crippen molar-refractivity contribution in [3.05, 3.63) is 66.1 Å². The lowest BCUT2D eigenvalue weighted by Gasteiger charge is -2.07. The van der Waals surface area contributed by atoms with Crippen LogP contribution in [0.4, 0.5) is 5.69 Å². The Kier molecular flexibility index (Phi) is 6.88. The Morgan fingerprint density at radius 1 is 1.00 bits per heavy atom. The fourth-order valence-corrected chi connectivity index (χ4v) is 2.53. The van der Waals surface area contributed by atoms with Gasteiger partial charge in [0.2, 0.25) is 17.7 Å². The Bertz CT molecular complexity index is 1020. The summed E-state index contributed by atoms with van der Waals surface area (Å²) in [5.41, 5.74) is 1.72. The van der Waals surface area contributed by atoms with Gasteiger partial charge >= 0.3 is 5.97 Å². The highest BCUT2D eigenvalue weighted by Crippen LogP contribution is 2.17. The number of nitrogens with zero attached hydrogens (tertiary/aromatic N) is 2. The molecule has 0 saturated heterocycles. The summed E-state index contributed by atoms with van der Waals surface area (Å²) in [6.07, 6.45) is 0.470. The first-order valence-electron chi connectivity index (χ1n) is 9.18.